The minimum atomic E-state index is -0.786. The largest absolute Gasteiger partial charge is 0.281 e. The van der Waals surface area contributed by atoms with Gasteiger partial charge < -0.3 is 0 Å². The van der Waals surface area contributed by atoms with Crippen LogP contribution < -0.4 is 0 Å². The third-order valence-electron chi connectivity index (χ3n) is 1.45. The van der Waals surface area contributed by atoms with Gasteiger partial charge in [0.1, 0.15) is 11.6 Å². The molecule has 0 spiro atoms. The van der Waals surface area contributed by atoms with Gasteiger partial charge in [-0.05, 0) is 23.7 Å². The van der Waals surface area contributed by atoms with Crippen LogP contribution in [-0.2, 0) is 11.2 Å². The summed E-state index contributed by atoms with van der Waals surface area (Å²) in [5.41, 5.74) is -0.207. The molecule has 1 rings (SSSR count). The summed E-state index contributed by atoms with van der Waals surface area (Å²) in [5.74, 6) is -1.50. The lowest BCUT2D eigenvalue weighted by Crippen LogP contribution is -1.99. The molecule has 0 saturated heterocycles. The van der Waals surface area contributed by atoms with Crippen molar-refractivity contribution >= 4 is 28.4 Å². The number of halogens is 4. The van der Waals surface area contributed by atoms with E-state index in [9.17, 15) is 13.6 Å². The van der Waals surface area contributed by atoms with Gasteiger partial charge in [0.25, 0.3) is 0 Å². The molecule has 0 aromatic heterocycles. The Morgan fingerprint density at radius 2 is 1.85 bits per heavy atom. The maximum atomic E-state index is 12.9. The second-order valence-corrected chi connectivity index (χ2v) is 3.15. The molecular formula is C8H4Cl2F2O. The normalized spacial score (nSPS) is 10.2. The monoisotopic (exact) mass is 224 g/mol. The topological polar surface area (TPSA) is 17.1 Å². The van der Waals surface area contributed by atoms with E-state index >= 15 is 0 Å². The van der Waals surface area contributed by atoms with Gasteiger partial charge in [-0.2, -0.15) is 0 Å². The Morgan fingerprint density at radius 3 is 2.38 bits per heavy atom. The highest BCUT2D eigenvalue weighted by atomic mass is 35.5. The number of hydrogen-bond donors (Lipinski definition) is 0. The van der Waals surface area contributed by atoms with Gasteiger partial charge in [0, 0.05) is 5.56 Å². The van der Waals surface area contributed by atoms with Crippen molar-refractivity contribution < 1.29 is 13.6 Å². The van der Waals surface area contributed by atoms with Crippen LogP contribution in [-0.4, -0.2) is 5.24 Å². The number of rotatable bonds is 2. The molecule has 0 N–H and O–H groups in total. The van der Waals surface area contributed by atoms with Crippen molar-refractivity contribution in [3.8, 4) is 0 Å². The molecule has 5 heteroatoms. The quantitative estimate of drug-likeness (QED) is 0.558. The molecule has 1 aromatic rings. The Labute approximate surface area is 83.3 Å². The highest BCUT2D eigenvalue weighted by Gasteiger charge is 2.13. The van der Waals surface area contributed by atoms with Crippen LogP contribution in [0.3, 0.4) is 0 Å². The summed E-state index contributed by atoms with van der Waals surface area (Å²) in [6.45, 7) is 0. The molecular weight excluding hydrogens is 221 g/mol. The van der Waals surface area contributed by atoms with Crippen molar-refractivity contribution in [2.45, 2.75) is 6.42 Å². The molecule has 1 nitrogen and oxygen atoms in total. The van der Waals surface area contributed by atoms with Crippen LogP contribution in [0, 0.1) is 11.6 Å². The molecule has 0 aliphatic rings. The van der Waals surface area contributed by atoms with E-state index < -0.39 is 28.3 Å². The van der Waals surface area contributed by atoms with Crippen molar-refractivity contribution in [2.75, 3.05) is 0 Å². The lowest BCUT2D eigenvalue weighted by molar-refractivity contribution is -0.111. The number of carbonyl (C=O) groups excluding carboxylic acids is 1. The first-order valence-corrected chi connectivity index (χ1v) is 4.08. The van der Waals surface area contributed by atoms with Crippen molar-refractivity contribution in [3.05, 3.63) is 34.4 Å². The van der Waals surface area contributed by atoms with Gasteiger partial charge in [-0.3, -0.25) is 4.79 Å². The van der Waals surface area contributed by atoms with Crippen LogP contribution in [0.4, 0.5) is 8.78 Å². The fourth-order valence-electron chi connectivity index (χ4n) is 0.870. The van der Waals surface area contributed by atoms with E-state index in [1.165, 1.54) is 0 Å². The number of hydrogen-bond acceptors (Lipinski definition) is 1. The molecule has 1 aromatic carbocycles. The molecule has 0 atom stereocenters. The maximum Gasteiger partial charge on any atom is 0.226 e. The fraction of sp³-hybridized carbons (Fsp3) is 0.125. The van der Waals surface area contributed by atoms with E-state index in [1.54, 1.807) is 0 Å². The molecule has 0 fully saturated rings. The summed E-state index contributed by atoms with van der Waals surface area (Å²) < 4.78 is 25.7. The average molecular weight is 225 g/mol. The van der Waals surface area contributed by atoms with E-state index in [0.29, 0.717) is 0 Å². The minimum Gasteiger partial charge on any atom is -0.281 e. The van der Waals surface area contributed by atoms with E-state index in [4.69, 9.17) is 23.2 Å². The fourth-order valence-corrected chi connectivity index (χ4v) is 1.22. The summed E-state index contributed by atoms with van der Waals surface area (Å²) in [5, 5.41) is -1.18. The first-order chi connectivity index (χ1) is 6.02. The van der Waals surface area contributed by atoms with Crippen molar-refractivity contribution in [2.24, 2.45) is 0 Å². The third kappa shape index (κ3) is 2.39. The van der Waals surface area contributed by atoms with Crippen LogP contribution in [0.1, 0.15) is 5.56 Å². The molecule has 0 unspecified atom stereocenters. The molecule has 0 saturated carbocycles. The molecule has 0 radical (unpaired) electrons. The van der Waals surface area contributed by atoms with Gasteiger partial charge in [0.05, 0.1) is 11.4 Å². The molecule has 0 amide bonds. The van der Waals surface area contributed by atoms with E-state index in [-0.39, 0.29) is 5.56 Å². The highest BCUT2D eigenvalue weighted by Crippen LogP contribution is 2.23. The van der Waals surface area contributed by atoms with Gasteiger partial charge in [-0.25, -0.2) is 8.78 Å². The summed E-state index contributed by atoms with van der Waals surface area (Å²) in [6, 6.07) is 1.79. The van der Waals surface area contributed by atoms with Gasteiger partial charge in [-0.15, -0.1) is 0 Å². The summed E-state index contributed by atoms with van der Waals surface area (Å²) in [6.07, 6.45) is -0.413. The van der Waals surface area contributed by atoms with Crippen LogP contribution in [0.5, 0.6) is 0 Å². The van der Waals surface area contributed by atoms with Gasteiger partial charge in [0.2, 0.25) is 5.24 Å². The Morgan fingerprint density at radius 1 is 1.31 bits per heavy atom. The lowest BCUT2D eigenvalue weighted by Gasteiger charge is -2.03. The predicted octanol–water partition coefficient (Wildman–Crippen LogP) is 2.93. The zero-order valence-electron chi connectivity index (χ0n) is 6.28. The van der Waals surface area contributed by atoms with Crippen LogP contribution >= 0.6 is 23.2 Å². The van der Waals surface area contributed by atoms with Crippen molar-refractivity contribution in [1.82, 2.24) is 0 Å². The Bertz CT molecular complexity index is 352. The Hall–Kier alpha value is -0.670. The molecule has 0 aliphatic heterocycles. The van der Waals surface area contributed by atoms with E-state index in [0.717, 1.165) is 12.1 Å². The van der Waals surface area contributed by atoms with Crippen LogP contribution in [0.25, 0.3) is 0 Å². The molecule has 70 valence electrons. The molecule has 0 aliphatic carbocycles. The second-order valence-electron chi connectivity index (χ2n) is 2.35. The summed E-state index contributed by atoms with van der Waals surface area (Å²) in [7, 11) is 0. The zero-order valence-corrected chi connectivity index (χ0v) is 7.79. The lowest BCUT2D eigenvalue weighted by atomic mass is 10.1. The van der Waals surface area contributed by atoms with E-state index in [2.05, 4.69) is 0 Å². The van der Waals surface area contributed by atoms with Crippen molar-refractivity contribution in [1.29, 1.82) is 0 Å². The zero-order chi connectivity index (χ0) is 10.0. The minimum absolute atomic E-state index is 0.207. The van der Waals surface area contributed by atoms with Gasteiger partial charge in [-0.1, -0.05) is 11.6 Å². The summed E-state index contributed by atoms with van der Waals surface area (Å²) >= 11 is 10.4. The predicted molar refractivity (Wildman–Crippen MR) is 45.9 cm³/mol. The molecule has 13 heavy (non-hydrogen) atoms. The number of benzene rings is 1. The smallest absolute Gasteiger partial charge is 0.226 e. The standard InChI is InChI=1S/C8H4Cl2F2O/c9-7(13)3-4-5(11)1-2-6(12)8(4)10/h1-2H,3H2. The second kappa shape index (κ2) is 4.03. The first-order valence-electron chi connectivity index (χ1n) is 3.33. The first kappa shape index (κ1) is 10.4. The Balaban J connectivity index is 3.17. The van der Waals surface area contributed by atoms with Gasteiger partial charge in [0.15, 0.2) is 0 Å². The SMILES string of the molecule is O=C(Cl)Cc1c(F)ccc(F)c1Cl. The van der Waals surface area contributed by atoms with Crippen LogP contribution in [0.2, 0.25) is 5.02 Å². The molecule has 0 bridgehead atoms. The van der Waals surface area contributed by atoms with E-state index in [1.807, 2.05) is 0 Å². The van der Waals surface area contributed by atoms with Gasteiger partial charge >= 0.3 is 0 Å². The highest BCUT2D eigenvalue weighted by molar-refractivity contribution is 6.63. The average Bonchev–Trinajstić information content (AvgIpc) is 2.05. The van der Waals surface area contributed by atoms with Crippen LogP contribution in [0.15, 0.2) is 12.1 Å². The summed E-state index contributed by atoms with van der Waals surface area (Å²) in [4.78, 5) is 10.4. The number of carbonyl (C=O) groups is 1. The van der Waals surface area contributed by atoms with Crippen molar-refractivity contribution in [3.63, 3.8) is 0 Å². The molecule has 0 heterocycles. The Kier molecular flexibility index (Phi) is 3.22. The third-order valence-corrected chi connectivity index (χ3v) is 2.00. The maximum absolute atomic E-state index is 12.9.